The Morgan fingerprint density at radius 3 is 2.50 bits per heavy atom. The molecule has 0 aromatic heterocycles. The van der Waals surface area contributed by atoms with E-state index >= 15 is 0 Å². The van der Waals surface area contributed by atoms with Crippen LogP contribution < -0.4 is 4.90 Å². The van der Waals surface area contributed by atoms with Gasteiger partial charge in [-0.3, -0.25) is 9.59 Å². The molecule has 0 bridgehead atoms. The van der Waals surface area contributed by atoms with E-state index < -0.39 is 5.97 Å². The monoisotopic (exact) mass is 285 g/mol. The molecular weight excluding hydrogens is 274 g/mol. The van der Waals surface area contributed by atoms with Crippen LogP contribution in [0.15, 0.2) is 22.7 Å². The van der Waals surface area contributed by atoms with Gasteiger partial charge in [-0.25, -0.2) is 0 Å². The van der Waals surface area contributed by atoms with Crippen LogP contribution in [0.3, 0.4) is 0 Å². The van der Waals surface area contributed by atoms with Gasteiger partial charge in [0.2, 0.25) is 5.91 Å². The Morgan fingerprint density at radius 1 is 1.44 bits per heavy atom. The smallest absolute Gasteiger partial charge is 0.323 e. The van der Waals surface area contributed by atoms with Crippen LogP contribution in [0.25, 0.3) is 0 Å². The maximum absolute atomic E-state index is 11.4. The van der Waals surface area contributed by atoms with Crippen molar-refractivity contribution in [2.75, 3.05) is 11.4 Å². The van der Waals surface area contributed by atoms with Crippen molar-refractivity contribution in [3.63, 3.8) is 0 Å². The van der Waals surface area contributed by atoms with Crippen molar-refractivity contribution in [2.24, 2.45) is 0 Å². The first kappa shape index (κ1) is 12.7. The quantitative estimate of drug-likeness (QED) is 0.926. The van der Waals surface area contributed by atoms with E-state index in [1.165, 1.54) is 11.8 Å². The fraction of sp³-hybridized carbons (Fsp3) is 0.273. The zero-order chi connectivity index (χ0) is 12.3. The highest BCUT2D eigenvalue weighted by Crippen LogP contribution is 2.23. The number of benzene rings is 1. The number of aryl methyl sites for hydroxylation is 1. The molecule has 0 saturated carbocycles. The van der Waals surface area contributed by atoms with Crippen LogP contribution >= 0.6 is 15.9 Å². The van der Waals surface area contributed by atoms with Gasteiger partial charge >= 0.3 is 5.97 Å². The maximum atomic E-state index is 11.4. The summed E-state index contributed by atoms with van der Waals surface area (Å²) in [6.45, 7) is 2.86. The van der Waals surface area contributed by atoms with Crippen molar-refractivity contribution in [1.29, 1.82) is 0 Å². The predicted molar refractivity (Wildman–Crippen MR) is 64.5 cm³/mol. The van der Waals surface area contributed by atoms with Crippen LogP contribution in [-0.4, -0.2) is 23.5 Å². The third-order valence-corrected chi connectivity index (χ3v) is 2.62. The van der Waals surface area contributed by atoms with Gasteiger partial charge < -0.3 is 10.0 Å². The van der Waals surface area contributed by atoms with Crippen molar-refractivity contribution >= 4 is 33.5 Å². The molecule has 1 aromatic rings. The Kier molecular flexibility index (Phi) is 4.06. The first-order valence-electron chi connectivity index (χ1n) is 4.68. The van der Waals surface area contributed by atoms with Crippen molar-refractivity contribution in [2.45, 2.75) is 13.8 Å². The Labute approximate surface area is 102 Å². The molecule has 0 aliphatic carbocycles. The maximum Gasteiger partial charge on any atom is 0.323 e. The molecule has 0 aliphatic heterocycles. The number of carbonyl (C=O) groups excluding carboxylic acids is 1. The summed E-state index contributed by atoms with van der Waals surface area (Å²) in [7, 11) is 0. The fourth-order valence-corrected chi connectivity index (χ4v) is 1.90. The van der Waals surface area contributed by atoms with Crippen LogP contribution in [0.2, 0.25) is 0 Å². The molecule has 0 atom stereocenters. The zero-order valence-electron chi connectivity index (χ0n) is 9.03. The molecule has 16 heavy (non-hydrogen) atoms. The summed E-state index contributed by atoms with van der Waals surface area (Å²) in [4.78, 5) is 23.3. The molecule has 1 rings (SSSR count). The first-order chi connectivity index (χ1) is 7.41. The molecule has 0 spiro atoms. The van der Waals surface area contributed by atoms with E-state index in [0.29, 0.717) is 5.69 Å². The number of halogens is 1. The molecule has 0 radical (unpaired) electrons. The van der Waals surface area contributed by atoms with Gasteiger partial charge in [0.1, 0.15) is 6.54 Å². The summed E-state index contributed by atoms with van der Waals surface area (Å²) in [5, 5.41) is 8.74. The molecule has 0 unspecified atom stereocenters. The lowest BCUT2D eigenvalue weighted by molar-refractivity contribution is -0.136. The SMILES string of the molecule is CC(=O)N(CC(=O)O)c1ccc(Br)cc1C. The fourth-order valence-electron chi connectivity index (χ4n) is 1.42. The number of rotatable bonds is 3. The van der Waals surface area contributed by atoms with E-state index in [0.717, 1.165) is 10.0 Å². The van der Waals surface area contributed by atoms with Crippen LogP contribution in [0.5, 0.6) is 0 Å². The molecule has 0 aliphatic rings. The molecule has 0 fully saturated rings. The van der Waals surface area contributed by atoms with Gasteiger partial charge in [-0.1, -0.05) is 15.9 Å². The van der Waals surface area contributed by atoms with Gasteiger partial charge in [-0.05, 0) is 30.7 Å². The highest BCUT2D eigenvalue weighted by atomic mass is 79.9. The molecule has 0 saturated heterocycles. The number of anilines is 1. The van der Waals surface area contributed by atoms with Crippen LogP contribution in [0.1, 0.15) is 12.5 Å². The number of carboxylic acids is 1. The lowest BCUT2D eigenvalue weighted by atomic mass is 10.2. The van der Waals surface area contributed by atoms with Crippen LogP contribution in [-0.2, 0) is 9.59 Å². The average molecular weight is 286 g/mol. The number of hydrogen-bond acceptors (Lipinski definition) is 2. The second-order valence-electron chi connectivity index (χ2n) is 3.43. The van der Waals surface area contributed by atoms with Gasteiger partial charge in [0.15, 0.2) is 0 Å². The third kappa shape index (κ3) is 3.06. The molecule has 0 heterocycles. The molecular formula is C11H12BrNO3. The van der Waals surface area contributed by atoms with E-state index in [1.807, 2.05) is 13.0 Å². The highest BCUT2D eigenvalue weighted by Gasteiger charge is 2.16. The zero-order valence-corrected chi connectivity index (χ0v) is 10.6. The normalized spacial score (nSPS) is 9.94. The minimum absolute atomic E-state index is 0.284. The summed E-state index contributed by atoms with van der Waals surface area (Å²) >= 11 is 3.31. The van der Waals surface area contributed by atoms with Gasteiger partial charge in [-0.15, -0.1) is 0 Å². The van der Waals surface area contributed by atoms with Crippen molar-refractivity contribution in [3.8, 4) is 0 Å². The molecule has 5 heteroatoms. The first-order valence-corrected chi connectivity index (χ1v) is 5.47. The Bertz CT molecular complexity index is 431. The second-order valence-corrected chi connectivity index (χ2v) is 4.35. The number of carbonyl (C=O) groups is 2. The van der Waals surface area contributed by atoms with Gasteiger partial charge in [0, 0.05) is 17.1 Å². The Balaban J connectivity index is 3.10. The molecule has 1 amide bonds. The van der Waals surface area contributed by atoms with E-state index in [1.54, 1.807) is 12.1 Å². The van der Waals surface area contributed by atoms with Gasteiger partial charge in [-0.2, -0.15) is 0 Å². The molecule has 1 N–H and O–H groups in total. The topological polar surface area (TPSA) is 57.6 Å². The standard InChI is InChI=1S/C11H12BrNO3/c1-7-5-9(12)3-4-10(7)13(8(2)14)6-11(15)16/h3-5H,6H2,1-2H3,(H,15,16). The average Bonchev–Trinajstić information content (AvgIpc) is 2.14. The molecule has 1 aromatic carbocycles. The van der Waals surface area contributed by atoms with Crippen LogP contribution in [0.4, 0.5) is 5.69 Å². The van der Waals surface area contributed by atoms with Crippen molar-refractivity contribution in [3.05, 3.63) is 28.2 Å². The number of aliphatic carboxylic acids is 1. The minimum Gasteiger partial charge on any atom is -0.480 e. The number of hydrogen-bond donors (Lipinski definition) is 1. The lowest BCUT2D eigenvalue weighted by Gasteiger charge is -2.21. The summed E-state index contributed by atoms with van der Waals surface area (Å²) in [5.74, 6) is -1.31. The van der Waals surface area contributed by atoms with Crippen molar-refractivity contribution < 1.29 is 14.7 Å². The summed E-state index contributed by atoms with van der Waals surface area (Å²) in [6, 6.07) is 5.34. The van der Waals surface area contributed by atoms with E-state index in [9.17, 15) is 9.59 Å². The predicted octanol–water partition coefficient (Wildman–Crippen LogP) is 2.20. The summed E-state index contributed by atoms with van der Waals surface area (Å²) < 4.78 is 0.896. The third-order valence-electron chi connectivity index (χ3n) is 2.12. The second kappa shape index (κ2) is 5.12. The number of amides is 1. The summed E-state index contributed by atoms with van der Waals surface area (Å²) in [5.41, 5.74) is 1.48. The Hall–Kier alpha value is -1.36. The Morgan fingerprint density at radius 2 is 2.06 bits per heavy atom. The lowest BCUT2D eigenvalue weighted by Crippen LogP contribution is -2.34. The summed E-state index contributed by atoms with van der Waals surface area (Å²) in [6.07, 6.45) is 0. The number of carboxylic acid groups (broad SMARTS) is 1. The largest absolute Gasteiger partial charge is 0.480 e. The van der Waals surface area contributed by atoms with Crippen molar-refractivity contribution in [1.82, 2.24) is 0 Å². The highest BCUT2D eigenvalue weighted by molar-refractivity contribution is 9.10. The van der Waals surface area contributed by atoms with E-state index in [4.69, 9.17) is 5.11 Å². The minimum atomic E-state index is -1.03. The van der Waals surface area contributed by atoms with Gasteiger partial charge in [0.05, 0.1) is 0 Å². The molecule has 4 nitrogen and oxygen atoms in total. The molecule has 86 valence electrons. The van der Waals surface area contributed by atoms with E-state index in [2.05, 4.69) is 15.9 Å². The van der Waals surface area contributed by atoms with E-state index in [-0.39, 0.29) is 12.5 Å². The van der Waals surface area contributed by atoms with Crippen LogP contribution in [0, 0.1) is 6.92 Å². The van der Waals surface area contributed by atoms with Gasteiger partial charge in [0.25, 0.3) is 0 Å². The number of nitrogens with zero attached hydrogens (tertiary/aromatic N) is 1.